The van der Waals surface area contributed by atoms with Crippen LogP contribution < -0.4 is 4.74 Å². The maximum absolute atomic E-state index is 12.4. The first-order valence-corrected chi connectivity index (χ1v) is 8.75. The fraction of sp³-hybridized carbons (Fsp3) is 0.579. The highest BCUT2D eigenvalue weighted by atomic mass is 17.2. The molecule has 1 saturated carbocycles. The molecule has 1 aromatic rings. The third kappa shape index (κ3) is 2.38. The van der Waals surface area contributed by atoms with Crippen molar-refractivity contribution in [2.75, 3.05) is 7.11 Å². The lowest BCUT2D eigenvalue weighted by Gasteiger charge is -2.48. The van der Waals surface area contributed by atoms with E-state index in [1.165, 1.54) is 12.7 Å². The monoisotopic (exact) mass is 346 g/mol. The number of phenols is 1. The summed E-state index contributed by atoms with van der Waals surface area (Å²) in [5, 5.41) is 10.1. The van der Waals surface area contributed by atoms with E-state index in [0.717, 1.165) is 24.8 Å². The molecule has 3 aliphatic rings. The van der Waals surface area contributed by atoms with E-state index in [-0.39, 0.29) is 29.9 Å². The van der Waals surface area contributed by atoms with Crippen LogP contribution in [0.1, 0.15) is 49.7 Å². The summed E-state index contributed by atoms with van der Waals surface area (Å²) in [6.07, 6.45) is 3.38. The van der Waals surface area contributed by atoms with Crippen molar-refractivity contribution < 1.29 is 29.2 Å². The number of carbonyl (C=O) groups excluding carboxylic acids is 2. The summed E-state index contributed by atoms with van der Waals surface area (Å²) >= 11 is 0. The molecule has 6 nitrogen and oxygen atoms in total. The molecule has 0 amide bonds. The summed E-state index contributed by atoms with van der Waals surface area (Å²) in [6, 6.07) is 3.70. The van der Waals surface area contributed by atoms with Gasteiger partial charge in [-0.15, -0.1) is 0 Å². The van der Waals surface area contributed by atoms with E-state index in [4.69, 9.17) is 9.62 Å². The number of hydrogen-bond donors (Lipinski definition) is 1. The van der Waals surface area contributed by atoms with E-state index >= 15 is 0 Å². The van der Waals surface area contributed by atoms with Crippen LogP contribution in [0.25, 0.3) is 0 Å². The van der Waals surface area contributed by atoms with Gasteiger partial charge < -0.3 is 9.84 Å². The highest BCUT2D eigenvalue weighted by Gasteiger charge is 2.55. The number of rotatable bonds is 1. The first-order valence-electron chi connectivity index (χ1n) is 8.75. The van der Waals surface area contributed by atoms with Gasteiger partial charge in [0.2, 0.25) is 0 Å². The van der Waals surface area contributed by atoms with Gasteiger partial charge in [0, 0.05) is 0 Å². The van der Waals surface area contributed by atoms with Gasteiger partial charge in [-0.25, -0.2) is 19.4 Å². The van der Waals surface area contributed by atoms with Crippen LogP contribution in [0, 0.1) is 17.3 Å². The number of carbonyl (C=O) groups is 2. The van der Waals surface area contributed by atoms with Crippen LogP contribution >= 0.6 is 0 Å². The SMILES string of the molecule is COc1cc2c(cc1O)CCC1C2CC[C@]2(C)C(=O)OOC(=O)C[C@@H]12. The Labute approximate surface area is 146 Å². The number of benzene rings is 1. The topological polar surface area (TPSA) is 82.1 Å². The second-order valence-electron chi connectivity index (χ2n) is 7.62. The summed E-state index contributed by atoms with van der Waals surface area (Å²) in [4.78, 5) is 33.7. The molecule has 0 spiro atoms. The molecule has 0 radical (unpaired) electrons. The Morgan fingerprint density at radius 3 is 2.80 bits per heavy atom. The smallest absolute Gasteiger partial charge is 0.361 e. The fourth-order valence-corrected chi connectivity index (χ4v) is 5.09. The van der Waals surface area contributed by atoms with Gasteiger partial charge in [0.25, 0.3) is 0 Å². The molecule has 1 saturated heterocycles. The Bertz CT molecular complexity index is 742. The summed E-state index contributed by atoms with van der Waals surface area (Å²) in [6.45, 7) is 1.89. The minimum absolute atomic E-state index is 0.0957. The van der Waals surface area contributed by atoms with Crippen molar-refractivity contribution in [1.82, 2.24) is 0 Å². The maximum Gasteiger partial charge on any atom is 0.361 e. The standard InChI is InChI=1S/C19H22O6/c1-19-6-5-11-12(14(19)9-17(21)24-25-18(19)22)4-3-10-7-15(20)16(23-2)8-13(10)11/h7-8,11-12,14,20H,3-6,9H2,1-2H3/t11?,12?,14-,19-/m0/s1. The minimum Gasteiger partial charge on any atom is -0.504 e. The molecule has 1 N–H and O–H groups in total. The predicted molar refractivity (Wildman–Crippen MR) is 86.8 cm³/mol. The molecule has 0 aromatic heterocycles. The normalized spacial score (nSPS) is 33.9. The summed E-state index contributed by atoms with van der Waals surface area (Å²) in [5.74, 6) is 0.0671. The number of ether oxygens (including phenoxy) is 1. The zero-order valence-corrected chi connectivity index (χ0v) is 14.4. The van der Waals surface area contributed by atoms with E-state index in [0.29, 0.717) is 12.2 Å². The van der Waals surface area contributed by atoms with Gasteiger partial charge >= 0.3 is 11.9 Å². The molecule has 4 atom stereocenters. The lowest BCUT2D eigenvalue weighted by molar-refractivity contribution is -0.261. The van der Waals surface area contributed by atoms with Crippen LogP contribution in [0.4, 0.5) is 0 Å². The zero-order valence-electron chi connectivity index (χ0n) is 14.4. The van der Waals surface area contributed by atoms with E-state index in [1.807, 2.05) is 13.0 Å². The van der Waals surface area contributed by atoms with Gasteiger partial charge in [0.1, 0.15) is 0 Å². The molecule has 4 rings (SSSR count). The minimum atomic E-state index is -0.689. The van der Waals surface area contributed by atoms with Crippen LogP contribution in [0.3, 0.4) is 0 Å². The molecule has 1 heterocycles. The van der Waals surface area contributed by atoms with E-state index in [1.54, 1.807) is 6.07 Å². The van der Waals surface area contributed by atoms with Crippen LogP contribution in [-0.4, -0.2) is 24.2 Å². The first-order chi connectivity index (χ1) is 11.9. The largest absolute Gasteiger partial charge is 0.504 e. The molecule has 0 bridgehead atoms. The molecule has 25 heavy (non-hydrogen) atoms. The van der Waals surface area contributed by atoms with Crippen LogP contribution in [0.2, 0.25) is 0 Å². The molecule has 134 valence electrons. The fourth-order valence-electron chi connectivity index (χ4n) is 5.09. The van der Waals surface area contributed by atoms with Crippen molar-refractivity contribution in [2.45, 2.75) is 44.9 Å². The Kier molecular flexibility index (Phi) is 3.67. The summed E-state index contributed by atoms with van der Waals surface area (Å²) in [5.41, 5.74) is 1.60. The first kappa shape index (κ1) is 16.2. The number of hydrogen-bond acceptors (Lipinski definition) is 6. The number of methoxy groups -OCH3 is 1. The van der Waals surface area contributed by atoms with Crippen molar-refractivity contribution >= 4 is 11.9 Å². The second-order valence-corrected chi connectivity index (χ2v) is 7.62. The number of phenolic OH excluding ortho intramolecular Hbond substituents is 1. The molecule has 2 unspecified atom stereocenters. The molecule has 2 aliphatic carbocycles. The second kappa shape index (κ2) is 5.64. The Hall–Kier alpha value is -2.24. The molecule has 2 fully saturated rings. The molecule has 1 aromatic carbocycles. The van der Waals surface area contributed by atoms with Crippen LogP contribution in [0.5, 0.6) is 11.5 Å². The van der Waals surface area contributed by atoms with Gasteiger partial charge in [0.15, 0.2) is 11.5 Å². The summed E-state index contributed by atoms with van der Waals surface area (Å²) in [7, 11) is 1.54. The Balaban J connectivity index is 1.75. The van der Waals surface area contributed by atoms with Crippen molar-refractivity contribution in [3.63, 3.8) is 0 Å². The maximum atomic E-state index is 12.4. The third-order valence-corrected chi connectivity index (χ3v) is 6.48. The lowest BCUT2D eigenvalue weighted by atomic mass is 9.54. The predicted octanol–water partition coefficient (Wildman–Crippen LogP) is 2.87. The van der Waals surface area contributed by atoms with E-state index < -0.39 is 17.4 Å². The Morgan fingerprint density at radius 2 is 2.04 bits per heavy atom. The average Bonchev–Trinajstić information content (AvgIpc) is 2.71. The van der Waals surface area contributed by atoms with Crippen molar-refractivity contribution in [2.24, 2.45) is 17.3 Å². The van der Waals surface area contributed by atoms with E-state index in [2.05, 4.69) is 4.89 Å². The molecular weight excluding hydrogens is 324 g/mol. The average molecular weight is 346 g/mol. The molecular formula is C19H22O6. The van der Waals surface area contributed by atoms with Crippen molar-refractivity contribution in [1.29, 1.82) is 0 Å². The lowest BCUT2D eigenvalue weighted by Crippen LogP contribution is -2.46. The van der Waals surface area contributed by atoms with Crippen molar-refractivity contribution in [3.05, 3.63) is 23.3 Å². The van der Waals surface area contributed by atoms with E-state index in [9.17, 15) is 14.7 Å². The number of aryl methyl sites for hydroxylation is 1. The third-order valence-electron chi connectivity index (χ3n) is 6.48. The molecule has 6 heteroatoms. The highest BCUT2D eigenvalue weighted by molar-refractivity contribution is 5.81. The molecule has 1 aliphatic heterocycles. The number of fused-ring (bicyclic) bond motifs is 5. The van der Waals surface area contributed by atoms with Gasteiger partial charge in [0.05, 0.1) is 18.9 Å². The van der Waals surface area contributed by atoms with Crippen molar-refractivity contribution in [3.8, 4) is 11.5 Å². The van der Waals surface area contributed by atoms with Gasteiger partial charge in [-0.3, -0.25) is 0 Å². The number of aromatic hydroxyl groups is 1. The van der Waals surface area contributed by atoms with Gasteiger partial charge in [-0.2, -0.15) is 0 Å². The zero-order chi connectivity index (χ0) is 17.8. The van der Waals surface area contributed by atoms with Crippen LogP contribution in [0.15, 0.2) is 12.1 Å². The summed E-state index contributed by atoms with van der Waals surface area (Å²) < 4.78 is 5.27. The quantitative estimate of drug-likeness (QED) is 0.788. The van der Waals surface area contributed by atoms with Gasteiger partial charge in [-0.1, -0.05) is 0 Å². The highest BCUT2D eigenvalue weighted by Crippen LogP contribution is 2.57. The van der Waals surface area contributed by atoms with Gasteiger partial charge in [-0.05, 0) is 73.6 Å². The Morgan fingerprint density at radius 1 is 1.24 bits per heavy atom. The van der Waals surface area contributed by atoms with Crippen LogP contribution in [-0.2, 0) is 25.8 Å².